The van der Waals surface area contributed by atoms with Crippen LogP contribution in [0.1, 0.15) is 62.9 Å². The molecule has 0 radical (unpaired) electrons. The third-order valence-electron chi connectivity index (χ3n) is 15.6. The molecule has 4 fully saturated rings. The quantitative estimate of drug-likeness (QED) is 0.0246. The number of amides is 7. The van der Waals surface area contributed by atoms with Crippen LogP contribution in [0.4, 0.5) is 5.69 Å². The number of phenols is 1. The number of hydrogen-bond acceptors (Lipinski definition) is 25. The number of anilines is 1. The van der Waals surface area contributed by atoms with E-state index in [1.165, 1.54) is 42.5 Å². The van der Waals surface area contributed by atoms with Gasteiger partial charge in [0.1, 0.15) is 46.3 Å². The molecule has 15 atom stereocenters. The number of carbonyl (C=O) groups excluding carboxylic acids is 7. The maximum Gasteiger partial charge on any atom is 0.261 e. The molecule has 88 heavy (non-hydrogen) atoms. The zero-order valence-electron chi connectivity index (χ0n) is 48.3. The van der Waals surface area contributed by atoms with Gasteiger partial charge in [0.25, 0.3) is 18.2 Å². The number of aliphatic hydroxyl groups excluding tert-OH is 6. The zero-order valence-corrected chi connectivity index (χ0v) is 49.9. The van der Waals surface area contributed by atoms with Crippen molar-refractivity contribution in [3.63, 3.8) is 0 Å². The van der Waals surface area contributed by atoms with Gasteiger partial charge in [0.05, 0.1) is 48.8 Å². The lowest BCUT2D eigenvalue weighted by Crippen LogP contribution is -2.64. The standard InChI is InChI=1S/C56H73N11O19S2/c1-26-22-67-46(47(26)74)52(79)58-21-35(69)19-37(59-48(75)31-6-8-32(9-7-31)53-63-64-54(87-53)33-10-12-34(13-11-33)65-23-27(2)83-28(3)24-65)49(76)60-43(29(4)68)55(80)66-25-36(70)20-38(66)50(77)61-44(51(78)62-45(56(67)81)40(72)15-16-57)41(73)17-30-5-14-39(71)42(18-30)84-88-86-85-82/h5-14,18,26-29,35-38,40-41,43-47,68-74,82H,15-17,19-25,57H2,1-4H3,(H,58,79)(H,59,75)(H,60,76)(H,61,77)(H,62,78)/t26-,27-,28+,29+,35+,36+,37+,38+,40-,41-,43+,44+,45+,46+,47+/m1/s1. The maximum atomic E-state index is 14.7. The summed E-state index contributed by atoms with van der Waals surface area (Å²) in [4.78, 5) is 105. The normalized spacial score (nSPS) is 28.1. The van der Waals surface area contributed by atoms with E-state index in [-0.39, 0.29) is 60.9 Å². The number of morpholine rings is 1. The van der Waals surface area contributed by atoms with E-state index in [1.807, 2.05) is 38.1 Å². The van der Waals surface area contributed by atoms with Crippen molar-refractivity contribution in [2.24, 2.45) is 11.7 Å². The first-order chi connectivity index (χ1) is 41.9. The van der Waals surface area contributed by atoms with Crippen molar-refractivity contribution >= 4 is 70.7 Å². The van der Waals surface area contributed by atoms with Crippen LogP contribution in [0.5, 0.6) is 11.5 Å². The summed E-state index contributed by atoms with van der Waals surface area (Å²) in [7, 11) is 0. The molecular formula is C56H73N11O19S2. The molecule has 4 aromatic rings. The molecule has 0 bridgehead atoms. The second kappa shape index (κ2) is 29.9. The summed E-state index contributed by atoms with van der Waals surface area (Å²) in [6.45, 7) is 6.45. The molecule has 0 unspecified atom stereocenters. The number of aromatic nitrogens is 2. The minimum absolute atomic E-state index is 0.0260. The highest BCUT2D eigenvalue weighted by Gasteiger charge is 2.50. The van der Waals surface area contributed by atoms with Gasteiger partial charge in [-0.15, -0.1) is 10.2 Å². The number of ether oxygens (including phenoxy) is 1. The van der Waals surface area contributed by atoms with E-state index in [1.54, 1.807) is 12.1 Å². The average molecular weight is 1270 g/mol. The molecule has 0 saturated carbocycles. The van der Waals surface area contributed by atoms with Crippen LogP contribution in [0.3, 0.4) is 0 Å². The predicted octanol–water partition coefficient (Wildman–Crippen LogP) is -2.15. The highest BCUT2D eigenvalue weighted by molar-refractivity contribution is 7.90. The smallest absolute Gasteiger partial charge is 0.261 e. The van der Waals surface area contributed by atoms with E-state index in [0.29, 0.717) is 15.6 Å². The van der Waals surface area contributed by atoms with Crippen molar-refractivity contribution in [1.82, 2.24) is 46.6 Å². The molecule has 15 N–H and O–H groups in total. The zero-order chi connectivity index (χ0) is 63.7. The lowest BCUT2D eigenvalue weighted by atomic mass is 9.98. The number of β-amino-alcohol motifs (C(OH)–C–C–N with tert-alkyl or cyclic N) is 1. The Morgan fingerprint density at radius 3 is 2.03 bits per heavy atom. The van der Waals surface area contributed by atoms with Crippen LogP contribution in [0.15, 0.2) is 66.7 Å². The third-order valence-corrected chi connectivity index (χ3v) is 17.0. The molecule has 30 nitrogen and oxygen atoms in total. The fourth-order valence-electron chi connectivity index (χ4n) is 11.1. The molecule has 7 amide bonds. The monoisotopic (exact) mass is 1270 g/mol. The number of carbonyl (C=O) groups is 7. The van der Waals surface area contributed by atoms with Gasteiger partial charge in [-0.1, -0.05) is 45.8 Å². The summed E-state index contributed by atoms with van der Waals surface area (Å²) in [6.07, 6.45) is -12.0. The summed E-state index contributed by atoms with van der Waals surface area (Å²) >= 11 is 1.40. The van der Waals surface area contributed by atoms with Gasteiger partial charge < -0.3 is 91.7 Å². The minimum atomic E-state index is -2.10. The highest BCUT2D eigenvalue weighted by atomic mass is 32.2. The SMILES string of the molecule is C[C@@H]1CN(c2ccc(-c3nnc(-c4ccc(C(=O)N[C@H]5C[C@H](O)CNC(=O)[C@@H]6[C@@H](O)[C@H](C)CN6C(=O)[C@H]([C@H](O)CCN)NC(=O)[C@H]([C@H](O)Cc6ccc(O)c(OSOOO)c6)NC(=O)[C@@H]6C[C@H](O)CN6C(=O)[C@H]([C@H](C)O)NC5=O)cc4)s3)cc2)C[C@H](C)O1. The van der Waals surface area contributed by atoms with Gasteiger partial charge in [-0.25, -0.2) is 5.26 Å². The minimum Gasteiger partial charge on any atom is -0.504 e. The molecular weight excluding hydrogens is 1190 g/mol. The fourth-order valence-corrected chi connectivity index (χ4v) is 12.2. The number of fused-ring (bicyclic) bond motifs is 2. The number of rotatable bonds is 16. The molecule has 5 heterocycles. The van der Waals surface area contributed by atoms with Gasteiger partial charge in [0.15, 0.2) is 11.5 Å². The molecule has 4 aliphatic heterocycles. The van der Waals surface area contributed by atoms with Crippen LogP contribution >= 0.6 is 23.7 Å². The van der Waals surface area contributed by atoms with Crippen molar-refractivity contribution in [3.8, 4) is 32.6 Å². The summed E-state index contributed by atoms with van der Waals surface area (Å²) in [5.74, 6) is -9.31. The van der Waals surface area contributed by atoms with Crippen molar-refractivity contribution in [3.05, 3.63) is 77.9 Å². The lowest BCUT2D eigenvalue weighted by Gasteiger charge is -2.36. The lowest BCUT2D eigenvalue weighted by molar-refractivity contribution is -0.433. The van der Waals surface area contributed by atoms with Crippen LogP contribution < -0.4 is 41.4 Å². The molecule has 8 rings (SSSR count). The Balaban J connectivity index is 1.07. The van der Waals surface area contributed by atoms with Crippen LogP contribution in [0.2, 0.25) is 0 Å². The Hall–Kier alpha value is -7.18. The number of nitrogens with two attached hydrogens (primary N) is 1. The van der Waals surface area contributed by atoms with E-state index in [0.717, 1.165) is 47.1 Å². The Morgan fingerprint density at radius 1 is 0.773 bits per heavy atom. The van der Waals surface area contributed by atoms with Crippen LogP contribution in [-0.2, 0) is 49.3 Å². The molecule has 1 aromatic heterocycles. The van der Waals surface area contributed by atoms with E-state index >= 15 is 0 Å². The molecule has 4 aliphatic rings. The Labute approximate surface area is 512 Å². The summed E-state index contributed by atoms with van der Waals surface area (Å²) in [5, 5.41) is 113. The second-order valence-corrected chi connectivity index (χ2v) is 23.8. The fraction of sp³-hybridized carbons (Fsp3) is 0.518. The average Bonchev–Trinajstić information content (AvgIpc) is 3.22. The third kappa shape index (κ3) is 16.2. The topological polar surface area (TPSA) is 440 Å². The number of hydrogen-bond donors (Lipinski definition) is 14. The number of nitrogens with one attached hydrogen (secondary N) is 5. The van der Waals surface area contributed by atoms with E-state index in [2.05, 4.69) is 51.1 Å². The van der Waals surface area contributed by atoms with E-state index in [9.17, 15) is 69.3 Å². The summed E-state index contributed by atoms with van der Waals surface area (Å²) < 4.78 is 15.2. The molecule has 4 saturated heterocycles. The number of nitrogens with zero attached hydrogens (tertiary/aromatic N) is 5. The first-order valence-electron chi connectivity index (χ1n) is 28.4. The summed E-state index contributed by atoms with van der Waals surface area (Å²) in [5.41, 5.74) is 8.43. The number of phenolic OH excluding ortho intramolecular Hbond substituents is 1. The first-order valence-corrected chi connectivity index (χ1v) is 29.9. The second-order valence-electron chi connectivity index (χ2n) is 22.4. The van der Waals surface area contributed by atoms with Crippen molar-refractivity contribution in [2.45, 2.75) is 138 Å². The number of aromatic hydroxyl groups is 1. The molecule has 32 heteroatoms. The largest absolute Gasteiger partial charge is 0.504 e. The van der Waals surface area contributed by atoms with Gasteiger partial charge in [-0.2, -0.15) is 0 Å². The molecule has 3 aromatic carbocycles. The highest BCUT2D eigenvalue weighted by Crippen LogP contribution is 2.34. The van der Waals surface area contributed by atoms with Crippen LogP contribution in [-0.4, -0.2) is 227 Å². The Bertz CT molecular complexity index is 3100. The van der Waals surface area contributed by atoms with E-state index in [4.69, 9.17) is 19.9 Å². The molecule has 478 valence electrons. The van der Waals surface area contributed by atoms with Gasteiger partial charge in [0, 0.05) is 80.3 Å². The Kier molecular flexibility index (Phi) is 22.7. The molecule has 0 spiro atoms. The van der Waals surface area contributed by atoms with Crippen molar-refractivity contribution in [2.75, 3.05) is 44.2 Å². The number of benzene rings is 3. The van der Waals surface area contributed by atoms with Crippen molar-refractivity contribution in [1.29, 1.82) is 0 Å². The van der Waals surface area contributed by atoms with Crippen LogP contribution in [0, 0.1) is 5.92 Å². The van der Waals surface area contributed by atoms with Gasteiger partial charge in [-0.05, 0) is 87.8 Å². The Morgan fingerprint density at radius 2 is 1.40 bits per heavy atom. The summed E-state index contributed by atoms with van der Waals surface area (Å²) in [6, 6.07) is 6.55. The van der Waals surface area contributed by atoms with Gasteiger partial charge in [-0.3, -0.25) is 33.6 Å². The van der Waals surface area contributed by atoms with Gasteiger partial charge >= 0.3 is 0 Å². The predicted molar refractivity (Wildman–Crippen MR) is 313 cm³/mol. The first kappa shape index (κ1) is 66.8. The van der Waals surface area contributed by atoms with Crippen molar-refractivity contribution < 1.29 is 92.9 Å². The van der Waals surface area contributed by atoms with E-state index < -0.39 is 158 Å². The van der Waals surface area contributed by atoms with Gasteiger partial charge in [0.2, 0.25) is 35.4 Å². The number of aliphatic hydroxyl groups is 6. The molecule has 0 aliphatic carbocycles. The maximum absolute atomic E-state index is 14.7. The van der Waals surface area contributed by atoms with Crippen LogP contribution in [0.25, 0.3) is 21.1 Å².